The summed E-state index contributed by atoms with van der Waals surface area (Å²) in [6.45, 7) is 2.08. The van der Waals surface area contributed by atoms with Gasteiger partial charge in [0.05, 0.1) is 23.9 Å². The zero-order chi connectivity index (χ0) is 20.8. The molecule has 0 fully saturated rings. The molecule has 2 aliphatic rings. The van der Waals surface area contributed by atoms with Crippen molar-refractivity contribution in [1.82, 2.24) is 5.01 Å². The van der Waals surface area contributed by atoms with E-state index in [0.29, 0.717) is 15.8 Å². The number of rotatable bonds is 3. The Balaban J connectivity index is 1.60. The molecule has 0 N–H and O–H groups in total. The molecule has 2 atom stereocenters. The number of halogens is 2. The van der Waals surface area contributed by atoms with Crippen LogP contribution in [0, 0.1) is 6.92 Å². The van der Waals surface area contributed by atoms with E-state index in [4.69, 9.17) is 37.8 Å². The molecule has 6 heteroatoms. The SMILES string of the molecule is COc1ccc([C@H]2Oc3c(Cl)cc(Cl)cc3[C@@H]3CC(c4ccc(C)cc4)=NN23)cc1. The van der Waals surface area contributed by atoms with Gasteiger partial charge in [0.15, 0.2) is 0 Å². The number of benzene rings is 3. The highest BCUT2D eigenvalue weighted by Crippen LogP contribution is 2.50. The van der Waals surface area contributed by atoms with Gasteiger partial charge >= 0.3 is 0 Å². The van der Waals surface area contributed by atoms with Crippen LogP contribution in [0.15, 0.2) is 65.8 Å². The van der Waals surface area contributed by atoms with Gasteiger partial charge in [-0.2, -0.15) is 5.10 Å². The maximum absolute atomic E-state index is 6.52. The zero-order valence-electron chi connectivity index (χ0n) is 16.6. The highest BCUT2D eigenvalue weighted by Gasteiger charge is 2.42. The molecule has 0 saturated carbocycles. The highest BCUT2D eigenvalue weighted by molar-refractivity contribution is 6.35. The van der Waals surface area contributed by atoms with Crippen molar-refractivity contribution >= 4 is 28.9 Å². The number of ether oxygens (including phenoxy) is 2. The molecule has 0 unspecified atom stereocenters. The fraction of sp³-hybridized carbons (Fsp3) is 0.208. The van der Waals surface area contributed by atoms with E-state index in [2.05, 4.69) is 31.2 Å². The lowest BCUT2D eigenvalue weighted by atomic mass is 9.95. The number of hydrogen-bond donors (Lipinski definition) is 0. The van der Waals surface area contributed by atoms with Crippen LogP contribution in [0.3, 0.4) is 0 Å². The first kappa shape index (κ1) is 19.3. The van der Waals surface area contributed by atoms with Gasteiger partial charge in [0, 0.05) is 22.6 Å². The number of aryl methyl sites for hydroxylation is 1. The minimum atomic E-state index is -0.393. The first-order chi connectivity index (χ1) is 14.5. The highest BCUT2D eigenvalue weighted by atomic mass is 35.5. The van der Waals surface area contributed by atoms with E-state index in [-0.39, 0.29) is 6.04 Å². The Hall–Kier alpha value is -2.69. The Bertz CT molecular complexity index is 1130. The maximum atomic E-state index is 6.52. The quantitative estimate of drug-likeness (QED) is 0.464. The molecule has 152 valence electrons. The predicted molar refractivity (Wildman–Crippen MR) is 120 cm³/mol. The number of methoxy groups -OCH3 is 1. The van der Waals surface area contributed by atoms with Crippen LogP contribution in [-0.4, -0.2) is 17.8 Å². The molecule has 0 spiro atoms. The molecule has 5 rings (SSSR count). The summed E-state index contributed by atoms with van der Waals surface area (Å²) in [5.41, 5.74) is 5.29. The summed E-state index contributed by atoms with van der Waals surface area (Å²) in [6, 6.07) is 19.9. The van der Waals surface area contributed by atoms with Crippen LogP contribution in [0.2, 0.25) is 10.0 Å². The van der Waals surface area contributed by atoms with Crippen LogP contribution in [0.4, 0.5) is 0 Å². The monoisotopic (exact) mass is 438 g/mol. The average molecular weight is 439 g/mol. The van der Waals surface area contributed by atoms with Crippen LogP contribution >= 0.6 is 23.2 Å². The Morgan fingerprint density at radius 2 is 1.77 bits per heavy atom. The lowest BCUT2D eigenvalue weighted by molar-refractivity contribution is -0.0189. The Kier molecular flexibility index (Phi) is 4.84. The van der Waals surface area contributed by atoms with Gasteiger partial charge < -0.3 is 9.47 Å². The normalized spacial score (nSPS) is 19.6. The van der Waals surface area contributed by atoms with Gasteiger partial charge in [0.25, 0.3) is 0 Å². The average Bonchev–Trinajstić information content (AvgIpc) is 3.20. The molecule has 0 amide bonds. The van der Waals surface area contributed by atoms with Crippen LogP contribution in [0.1, 0.15) is 40.9 Å². The van der Waals surface area contributed by atoms with Crippen molar-refractivity contribution in [3.63, 3.8) is 0 Å². The smallest absolute Gasteiger partial charge is 0.213 e. The summed E-state index contributed by atoms with van der Waals surface area (Å²) < 4.78 is 11.7. The Labute approximate surface area is 185 Å². The molecular formula is C24H20Cl2N2O2. The van der Waals surface area contributed by atoms with Gasteiger partial charge in [0.1, 0.15) is 11.5 Å². The molecule has 0 aliphatic carbocycles. The molecular weight excluding hydrogens is 419 g/mol. The molecule has 0 saturated heterocycles. The van der Waals surface area contributed by atoms with Gasteiger partial charge in [-0.3, -0.25) is 0 Å². The zero-order valence-corrected chi connectivity index (χ0v) is 18.1. The van der Waals surface area contributed by atoms with Gasteiger partial charge in [-0.05, 0) is 48.9 Å². The van der Waals surface area contributed by atoms with E-state index in [1.54, 1.807) is 13.2 Å². The van der Waals surface area contributed by atoms with Crippen molar-refractivity contribution in [2.75, 3.05) is 7.11 Å². The van der Waals surface area contributed by atoms with E-state index in [1.165, 1.54) is 5.56 Å². The third kappa shape index (κ3) is 3.30. The number of nitrogens with zero attached hydrogens (tertiary/aromatic N) is 2. The minimum absolute atomic E-state index is 0.00615. The van der Waals surface area contributed by atoms with Gasteiger partial charge in [-0.15, -0.1) is 0 Å². The van der Waals surface area contributed by atoms with Crippen molar-refractivity contribution in [1.29, 1.82) is 0 Å². The summed E-state index contributed by atoms with van der Waals surface area (Å²) in [5.74, 6) is 1.46. The summed E-state index contributed by atoms with van der Waals surface area (Å²) in [6.07, 6.45) is 0.359. The molecule has 3 aromatic rings. The van der Waals surface area contributed by atoms with Crippen molar-refractivity contribution in [2.45, 2.75) is 25.6 Å². The Morgan fingerprint density at radius 1 is 1.03 bits per heavy atom. The summed E-state index contributed by atoms with van der Waals surface area (Å²) >= 11 is 12.8. The largest absolute Gasteiger partial charge is 0.497 e. The van der Waals surface area contributed by atoms with Gasteiger partial charge in [0.2, 0.25) is 6.23 Å². The predicted octanol–water partition coefficient (Wildman–Crippen LogP) is 6.55. The van der Waals surface area contributed by atoms with E-state index < -0.39 is 6.23 Å². The lowest BCUT2D eigenvalue weighted by Crippen LogP contribution is -2.33. The maximum Gasteiger partial charge on any atom is 0.213 e. The fourth-order valence-corrected chi connectivity index (χ4v) is 4.58. The van der Waals surface area contributed by atoms with Crippen molar-refractivity contribution in [3.8, 4) is 11.5 Å². The number of fused-ring (bicyclic) bond motifs is 3. The van der Waals surface area contributed by atoms with Crippen LogP contribution in [0.25, 0.3) is 0 Å². The molecule has 0 aromatic heterocycles. The second kappa shape index (κ2) is 7.53. The summed E-state index contributed by atoms with van der Waals surface area (Å²) in [4.78, 5) is 0. The lowest BCUT2D eigenvalue weighted by Gasteiger charge is -2.38. The van der Waals surface area contributed by atoms with Gasteiger partial charge in [-0.25, -0.2) is 5.01 Å². The fourth-order valence-electron chi connectivity index (χ4n) is 4.02. The minimum Gasteiger partial charge on any atom is -0.497 e. The van der Waals surface area contributed by atoms with Crippen LogP contribution in [0.5, 0.6) is 11.5 Å². The van der Waals surface area contributed by atoms with E-state index in [1.807, 2.05) is 35.3 Å². The molecule has 2 aliphatic heterocycles. The van der Waals surface area contributed by atoms with E-state index in [0.717, 1.165) is 34.6 Å². The molecule has 3 aromatic carbocycles. The van der Waals surface area contributed by atoms with Crippen LogP contribution in [-0.2, 0) is 0 Å². The number of hydrazone groups is 1. The second-order valence-electron chi connectivity index (χ2n) is 7.56. The summed E-state index contributed by atoms with van der Waals surface area (Å²) in [7, 11) is 1.65. The molecule has 30 heavy (non-hydrogen) atoms. The topological polar surface area (TPSA) is 34.1 Å². The summed E-state index contributed by atoms with van der Waals surface area (Å²) in [5, 5.41) is 8.10. The van der Waals surface area contributed by atoms with Crippen molar-refractivity contribution < 1.29 is 9.47 Å². The third-order valence-electron chi connectivity index (χ3n) is 5.59. The molecule has 4 nitrogen and oxygen atoms in total. The first-order valence-electron chi connectivity index (χ1n) is 9.76. The third-order valence-corrected chi connectivity index (χ3v) is 6.09. The van der Waals surface area contributed by atoms with Crippen LogP contribution < -0.4 is 9.47 Å². The first-order valence-corrected chi connectivity index (χ1v) is 10.5. The number of hydrogen-bond acceptors (Lipinski definition) is 4. The van der Waals surface area contributed by atoms with E-state index >= 15 is 0 Å². The van der Waals surface area contributed by atoms with Crippen molar-refractivity contribution in [3.05, 3.63) is 93.0 Å². The second-order valence-corrected chi connectivity index (χ2v) is 8.41. The molecule has 0 radical (unpaired) electrons. The van der Waals surface area contributed by atoms with E-state index in [9.17, 15) is 0 Å². The molecule has 2 heterocycles. The Morgan fingerprint density at radius 3 is 2.47 bits per heavy atom. The van der Waals surface area contributed by atoms with Gasteiger partial charge in [-0.1, -0.05) is 53.0 Å². The van der Waals surface area contributed by atoms with Crippen molar-refractivity contribution in [2.24, 2.45) is 5.10 Å². The molecule has 0 bridgehead atoms. The standard InChI is InChI=1S/C24H20Cl2N2O2/c1-14-3-5-15(6-4-14)21-13-22-19-11-17(25)12-20(26)23(19)30-24(28(22)27-21)16-7-9-18(29-2)10-8-16/h3-12,22,24H,13H2,1-2H3/t22-,24+/m0/s1.